The molecule has 42 heavy (non-hydrogen) atoms. The second kappa shape index (κ2) is 10.7. The summed E-state index contributed by atoms with van der Waals surface area (Å²) >= 11 is 2.22. The molecule has 8 nitrogen and oxygen atoms in total. The Labute approximate surface area is 251 Å². The van der Waals surface area contributed by atoms with Gasteiger partial charge in [0.05, 0.1) is 23.6 Å². The van der Waals surface area contributed by atoms with Crippen molar-refractivity contribution in [1.29, 1.82) is 0 Å². The van der Waals surface area contributed by atoms with Crippen LogP contribution in [0.25, 0.3) is 16.9 Å². The molecule has 2 aromatic carbocycles. The van der Waals surface area contributed by atoms with Gasteiger partial charge in [0.25, 0.3) is 5.91 Å². The first-order valence-corrected chi connectivity index (χ1v) is 14.1. The van der Waals surface area contributed by atoms with Crippen LogP contribution >= 0.6 is 22.6 Å². The molecule has 4 aromatic rings. The first-order valence-electron chi connectivity index (χ1n) is 13.1. The average Bonchev–Trinajstić information content (AvgIpc) is 3.56. The second-order valence-electron chi connectivity index (χ2n) is 10.1. The summed E-state index contributed by atoms with van der Waals surface area (Å²) in [5.74, 6) is -1.93. The normalized spacial score (nSPS) is 16.6. The molecule has 1 N–H and O–H groups in total. The van der Waals surface area contributed by atoms with Crippen molar-refractivity contribution in [3.8, 4) is 16.9 Å². The van der Waals surface area contributed by atoms with Crippen LogP contribution in [0.2, 0.25) is 0 Å². The summed E-state index contributed by atoms with van der Waals surface area (Å²) in [5.41, 5.74) is -0.312. The molecule has 0 aliphatic carbocycles. The molecule has 4 heterocycles. The van der Waals surface area contributed by atoms with E-state index in [2.05, 4.69) is 38.0 Å². The number of aromatic nitrogens is 3. The fraction of sp³-hybridized carbons (Fsp3) is 0.241. The number of carbonyl (C=O) groups excluding carboxylic acids is 2. The molecule has 2 aromatic heterocycles. The largest absolute Gasteiger partial charge is 0.419 e. The summed E-state index contributed by atoms with van der Waals surface area (Å²) < 4.78 is 56.3. The standard InChI is InChI=1S/C29H23F4IN6O2/c30-23-14-21(7-8-22(23)29(31,32)33)40-25(18-2-1-11-35-16-18)15-24(37-40)26(41)38-12-9-28(10-13-38)27(42)36-17-39(28)20-5-3-19(34)4-6-20/h1-8,11,14-16H,9-10,12-13,17H2,(H,36,42). The number of halogens is 5. The number of amides is 2. The van der Waals surface area contributed by atoms with Crippen LogP contribution in [0.15, 0.2) is 73.1 Å². The monoisotopic (exact) mass is 690 g/mol. The third-order valence-corrected chi connectivity index (χ3v) is 8.46. The molecular formula is C29H23F4IN6O2. The number of nitrogens with zero attached hydrogens (tertiary/aromatic N) is 5. The summed E-state index contributed by atoms with van der Waals surface area (Å²) in [4.78, 5) is 34.4. The zero-order valence-corrected chi connectivity index (χ0v) is 24.1. The van der Waals surface area contributed by atoms with Gasteiger partial charge in [-0.1, -0.05) is 0 Å². The fourth-order valence-corrected chi connectivity index (χ4v) is 5.92. The Balaban J connectivity index is 1.29. The molecule has 0 unspecified atom stereocenters. The zero-order chi connectivity index (χ0) is 29.6. The van der Waals surface area contributed by atoms with E-state index in [0.29, 0.717) is 36.8 Å². The molecule has 0 radical (unpaired) electrons. The van der Waals surface area contributed by atoms with Gasteiger partial charge in [-0.3, -0.25) is 14.6 Å². The van der Waals surface area contributed by atoms with E-state index < -0.39 is 29.0 Å². The summed E-state index contributed by atoms with van der Waals surface area (Å²) in [5, 5.41) is 7.34. The molecule has 1 spiro atoms. The van der Waals surface area contributed by atoms with Crippen LogP contribution in [0.1, 0.15) is 28.9 Å². The van der Waals surface area contributed by atoms with Crippen LogP contribution in [0, 0.1) is 9.39 Å². The van der Waals surface area contributed by atoms with Crippen molar-refractivity contribution < 1.29 is 27.2 Å². The van der Waals surface area contributed by atoms with E-state index in [4.69, 9.17) is 0 Å². The van der Waals surface area contributed by atoms with Crippen LogP contribution in [0.3, 0.4) is 0 Å². The highest BCUT2D eigenvalue weighted by molar-refractivity contribution is 14.1. The van der Waals surface area contributed by atoms with Gasteiger partial charge in [0.1, 0.15) is 11.4 Å². The first-order chi connectivity index (χ1) is 20.1. The minimum Gasteiger partial charge on any atom is -0.339 e. The highest BCUT2D eigenvalue weighted by atomic mass is 127. The van der Waals surface area contributed by atoms with Crippen molar-refractivity contribution in [2.45, 2.75) is 24.6 Å². The predicted octanol–water partition coefficient (Wildman–Crippen LogP) is 5.27. The summed E-state index contributed by atoms with van der Waals surface area (Å²) in [7, 11) is 0. The Morgan fingerprint density at radius 1 is 1.00 bits per heavy atom. The van der Waals surface area contributed by atoms with Crippen molar-refractivity contribution >= 4 is 40.1 Å². The van der Waals surface area contributed by atoms with Gasteiger partial charge < -0.3 is 15.1 Å². The van der Waals surface area contributed by atoms with Crippen LogP contribution in [-0.2, 0) is 11.0 Å². The topological polar surface area (TPSA) is 83.4 Å². The highest BCUT2D eigenvalue weighted by Gasteiger charge is 2.51. The second-order valence-corrected chi connectivity index (χ2v) is 11.4. The Hall–Kier alpha value is -4.01. The smallest absolute Gasteiger partial charge is 0.339 e. The number of pyridine rings is 1. The number of piperidine rings is 1. The van der Waals surface area contributed by atoms with Gasteiger partial charge in [0.15, 0.2) is 5.69 Å². The van der Waals surface area contributed by atoms with Gasteiger partial charge in [0, 0.05) is 46.4 Å². The molecule has 0 bridgehead atoms. The van der Waals surface area contributed by atoms with Gasteiger partial charge in [0.2, 0.25) is 5.91 Å². The van der Waals surface area contributed by atoms with Crippen LogP contribution in [-0.4, -0.2) is 56.8 Å². The lowest BCUT2D eigenvalue weighted by atomic mass is 9.85. The Morgan fingerprint density at radius 2 is 1.71 bits per heavy atom. The molecule has 2 aliphatic heterocycles. The van der Waals surface area contributed by atoms with E-state index in [1.54, 1.807) is 23.2 Å². The Kier molecular flexibility index (Phi) is 7.15. The third-order valence-electron chi connectivity index (χ3n) is 7.74. The van der Waals surface area contributed by atoms with Crippen LogP contribution in [0.4, 0.5) is 23.2 Å². The Bertz CT molecular complexity index is 1650. The number of nitrogens with one attached hydrogen (secondary N) is 1. The Morgan fingerprint density at radius 3 is 2.36 bits per heavy atom. The minimum atomic E-state index is -4.85. The van der Waals surface area contributed by atoms with E-state index in [1.165, 1.54) is 16.9 Å². The van der Waals surface area contributed by atoms with Crippen LogP contribution in [0.5, 0.6) is 0 Å². The van der Waals surface area contributed by atoms with Crippen molar-refractivity contribution in [3.05, 3.63) is 93.7 Å². The number of likely N-dealkylation sites (tertiary alicyclic amines) is 1. The van der Waals surface area contributed by atoms with E-state index in [9.17, 15) is 27.2 Å². The number of carbonyl (C=O) groups is 2. The molecule has 6 rings (SSSR count). The number of alkyl halides is 3. The summed E-state index contributed by atoms with van der Waals surface area (Å²) in [6.07, 6.45) is -0.981. The highest BCUT2D eigenvalue weighted by Crippen LogP contribution is 2.37. The van der Waals surface area contributed by atoms with Gasteiger partial charge in [-0.05, 0) is 90.0 Å². The molecule has 13 heteroatoms. The number of hydrogen-bond donors (Lipinski definition) is 1. The van der Waals surface area contributed by atoms with Crippen molar-refractivity contribution in [2.75, 3.05) is 24.7 Å². The maximum Gasteiger partial charge on any atom is 0.419 e. The number of hydrogen-bond acceptors (Lipinski definition) is 5. The predicted molar refractivity (Wildman–Crippen MR) is 154 cm³/mol. The van der Waals surface area contributed by atoms with E-state index in [-0.39, 0.29) is 30.4 Å². The summed E-state index contributed by atoms with van der Waals surface area (Å²) in [6.45, 7) is 0.949. The van der Waals surface area contributed by atoms with Crippen molar-refractivity contribution in [3.63, 3.8) is 0 Å². The fourth-order valence-electron chi connectivity index (χ4n) is 5.56. The molecule has 2 fully saturated rings. The molecule has 2 saturated heterocycles. The molecule has 0 atom stereocenters. The average molecular weight is 690 g/mol. The molecular weight excluding hydrogens is 667 g/mol. The van der Waals surface area contributed by atoms with Crippen LogP contribution < -0.4 is 10.2 Å². The number of rotatable bonds is 4. The summed E-state index contributed by atoms with van der Waals surface area (Å²) in [6, 6.07) is 15.3. The molecule has 216 valence electrons. The third kappa shape index (κ3) is 4.99. The quantitative estimate of drug-likeness (QED) is 0.234. The number of anilines is 1. The lowest BCUT2D eigenvalue weighted by molar-refractivity contribution is -0.140. The van der Waals surface area contributed by atoms with E-state index in [0.717, 1.165) is 21.4 Å². The number of benzene rings is 2. The van der Waals surface area contributed by atoms with Gasteiger partial charge in [-0.2, -0.15) is 18.3 Å². The zero-order valence-electron chi connectivity index (χ0n) is 21.9. The lowest BCUT2D eigenvalue weighted by Gasteiger charge is -2.43. The lowest BCUT2D eigenvalue weighted by Crippen LogP contribution is -2.57. The van der Waals surface area contributed by atoms with E-state index >= 15 is 0 Å². The van der Waals surface area contributed by atoms with Crippen molar-refractivity contribution in [1.82, 2.24) is 25.0 Å². The molecule has 0 saturated carbocycles. The van der Waals surface area contributed by atoms with E-state index in [1.807, 2.05) is 29.2 Å². The first kappa shape index (κ1) is 28.1. The maximum absolute atomic E-state index is 14.5. The maximum atomic E-state index is 14.5. The van der Waals surface area contributed by atoms with Gasteiger partial charge >= 0.3 is 6.18 Å². The van der Waals surface area contributed by atoms with Crippen molar-refractivity contribution in [2.24, 2.45) is 0 Å². The minimum absolute atomic E-state index is 0.0202. The molecule has 2 amide bonds. The SMILES string of the molecule is O=C(c1cc(-c2cccnc2)n(-c2ccc(C(F)(F)F)c(F)c2)n1)N1CCC2(CC1)C(=O)NCN2c1ccc(I)cc1. The van der Waals surface area contributed by atoms with Gasteiger partial charge in [-0.25, -0.2) is 9.07 Å². The van der Waals surface area contributed by atoms with Gasteiger partial charge in [-0.15, -0.1) is 0 Å². The molecule has 2 aliphatic rings.